The predicted molar refractivity (Wildman–Crippen MR) is 111 cm³/mol. The van der Waals surface area contributed by atoms with Crippen molar-refractivity contribution in [3.63, 3.8) is 0 Å². The number of carbonyl (C=O) groups is 3. The molecule has 2 amide bonds. The Balaban J connectivity index is 1.34. The summed E-state index contributed by atoms with van der Waals surface area (Å²) in [7, 11) is 0. The average molecular weight is 409 g/mol. The van der Waals surface area contributed by atoms with Crippen LogP contribution in [0.2, 0.25) is 0 Å². The summed E-state index contributed by atoms with van der Waals surface area (Å²) in [6.45, 7) is 1.65. The third-order valence-corrected chi connectivity index (χ3v) is 5.65. The molecule has 0 spiro atoms. The van der Waals surface area contributed by atoms with Gasteiger partial charge in [-0.3, -0.25) is 9.59 Å². The Labute approximate surface area is 171 Å². The lowest BCUT2D eigenvalue weighted by molar-refractivity contribution is -0.149. The summed E-state index contributed by atoms with van der Waals surface area (Å²) in [5.74, 6) is -1.21. The van der Waals surface area contributed by atoms with Crippen molar-refractivity contribution >= 4 is 45.0 Å². The van der Waals surface area contributed by atoms with Crippen LogP contribution in [-0.2, 0) is 19.1 Å². The fourth-order valence-electron chi connectivity index (χ4n) is 3.08. The quantitative estimate of drug-likeness (QED) is 0.632. The number of ether oxygens (including phenoxy) is 1. The van der Waals surface area contributed by atoms with Crippen LogP contribution in [0.5, 0.6) is 0 Å². The highest BCUT2D eigenvalue weighted by atomic mass is 32.1. The van der Waals surface area contributed by atoms with Crippen molar-refractivity contribution < 1.29 is 19.1 Å². The van der Waals surface area contributed by atoms with E-state index in [2.05, 4.69) is 28.6 Å². The molecule has 1 fully saturated rings. The van der Waals surface area contributed by atoms with Gasteiger partial charge in [-0.2, -0.15) is 0 Å². The number of rotatable bonds is 5. The summed E-state index contributed by atoms with van der Waals surface area (Å²) >= 11 is 1.62. The molecule has 2 aromatic carbocycles. The molecule has 1 aromatic heterocycles. The minimum Gasteiger partial charge on any atom is -0.454 e. The molecule has 2 heterocycles. The van der Waals surface area contributed by atoms with Crippen molar-refractivity contribution in [2.75, 3.05) is 11.9 Å². The summed E-state index contributed by atoms with van der Waals surface area (Å²) < 4.78 is 6.11. The van der Waals surface area contributed by atoms with Crippen LogP contribution in [0.15, 0.2) is 42.5 Å². The molecule has 1 aliphatic rings. The second-order valence-corrected chi connectivity index (χ2v) is 7.91. The number of benzene rings is 2. The Bertz CT molecular complexity index is 1090. The maximum absolute atomic E-state index is 12.0. The molecule has 148 valence electrons. The topological polar surface area (TPSA) is 97.4 Å². The van der Waals surface area contributed by atoms with Gasteiger partial charge in [-0.1, -0.05) is 6.07 Å². The molecule has 1 saturated heterocycles. The van der Waals surface area contributed by atoms with Gasteiger partial charge in [-0.25, -0.2) is 9.78 Å². The highest BCUT2D eigenvalue weighted by Crippen LogP contribution is 2.31. The molecule has 29 heavy (non-hydrogen) atoms. The number of esters is 1. The number of aromatic nitrogens is 1. The number of carbonyl (C=O) groups excluding carboxylic acids is 3. The van der Waals surface area contributed by atoms with Crippen LogP contribution in [0.3, 0.4) is 0 Å². The van der Waals surface area contributed by atoms with Gasteiger partial charge in [0.05, 0.1) is 10.2 Å². The maximum atomic E-state index is 12.0. The van der Waals surface area contributed by atoms with Crippen molar-refractivity contribution in [3.05, 3.63) is 48.0 Å². The van der Waals surface area contributed by atoms with Crippen LogP contribution in [0, 0.1) is 6.92 Å². The molecular formula is C21H19N3O4S. The third-order valence-electron chi connectivity index (χ3n) is 4.58. The molecule has 1 atom stereocenters. The second kappa shape index (κ2) is 8.00. The Morgan fingerprint density at radius 3 is 2.76 bits per heavy atom. The van der Waals surface area contributed by atoms with Crippen molar-refractivity contribution in [1.29, 1.82) is 0 Å². The van der Waals surface area contributed by atoms with E-state index in [1.54, 1.807) is 23.5 Å². The Hall–Kier alpha value is -3.26. The smallest absolute Gasteiger partial charge is 0.329 e. The molecule has 0 unspecified atom stereocenters. The molecule has 7 nitrogen and oxygen atoms in total. The maximum Gasteiger partial charge on any atom is 0.329 e. The molecule has 0 aliphatic carbocycles. The van der Waals surface area contributed by atoms with Gasteiger partial charge in [0.1, 0.15) is 11.0 Å². The largest absolute Gasteiger partial charge is 0.454 e. The zero-order chi connectivity index (χ0) is 20.4. The second-order valence-electron chi connectivity index (χ2n) is 6.88. The summed E-state index contributed by atoms with van der Waals surface area (Å²) in [5.41, 5.74) is 3.72. The third kappa shape index (κ3) is 4.43. The van der Waals surface area contributed by atoms with Gasteiger partial charge in [0.15, 0.2) is 6.61 Å². The number of fused-ring (bicyclic) bond motifs is 1. The number of anilines is 1. The van der Waals surface area contributed by atoms with E-state index in [1.807, 2.05) is 24.3 Å². The van der Waals surface area contributed by atoms with E-state index in [9.17, 15) is 14.4 Å². The number of aryl methyl sites for hydroxylation is 1. The molecule has 8 heteroatoms. The van der Waals surface area contributed by atoms with Crippen LogP contribution in [0.4, 0.5) is 5.69 Å². The zero-order valence-corrected chi connectivity index (χ0v) is 16.5. The van der Waals surface area contributed by atoms with Gasteiger partial charge in [0.2, 0.25) is 5.91 Å². The Morgan fingerprint density at radius 1 is 1.24 bits per heavy atom. The minimum atomic E-state index is -0.660. The van der Waals surface area contributed by atoms with Gasteiger partial charge in [0, 0.05) is 17.7 Å². The molecule has 4 rings (SSSR count). The molecule has 0 radical (unpaired) electrons. The summed E-state index contributed by atoms with van der Waals surface area (Å²) in [4.78, 5) is 39.6. The van der Waals surface area contributed by atoms with E-state index >= 15 is 0 Å². The first kappa shape index (κ1) is 19.1. The van der Waals surface area contributed by atoms with Crippen molar-refractivity contribution in [1.82, 2.24) is 10.3 Å². The summed E-state index contributed by atoms with van der Waals surface area (Å²) in [6, 6.07) is 12.8. The van der Waals surface area contributed by atoms with Crippen LogP contribution in [-0.4, -0.2) is 35.4 Å². The molecule has 1 aliphatic heterocycles. The molecule has 2 N–H and O–H groups in total. The first-order valence-electron chi connectivity index (χ1n) is 9.21. The van der Waals surface area contributed by atoms with Crippen molar-refractivity contribution in [3.8, 4) is 10.6 Å². The predicted octanol–water partition coefficient (Wildman–Crippen LogP) is 3.03. The van der Waals surface area contributed by atoms with E-state index < -0.39 is 24.5 Å². The van der Waals surface area contributed by atoms with E-state index in [0.29, 0.717) is 18.5 Å². The molecule has 0 bridgehead atoms. The first-order chi connectivity index (χ1) is 14.0. The van der Waals surface area contributed by atoms with E-state index in [4.69, 9.17) is 4.74 Å². The number of hydrogen-bond acceptors (Lipinski definition) is 6. The standard InChI is InChI=1S/C21H19N3O4S/c1-12-2-7-15-17(10-12)29-20(24-15)13-3-5-14(6-4-13)22-19(26)11-28-21(27)16-8-9-18(25)23-16/h2-7,10,16H,8-9,11H2,1H3,(H,22,26)(H,23,25)/t16-/m0/s1. The SMILES string of the molecule is Cc1ccc2nc(-c3ccc(NC(=O)COC(=O)[C@@H]4CCC(=O)N4)cc3)sc2c1. The normalized spacial score (nSPS) is 15.9. The molecule has 3 aromatic rings. The number of nitrogens with zero attached hydrogens (tertiary/aromatic N) is 1. The van der Waals surface area contributed by atoms with E-state index in [1.165, 1.54) is 5.56 Å². The van der Waals surface area contributed by atoms with Gasteiger partial charge in [-0.15, -0.1) is 11.3 Å². The lowest BCUT2D eigenvalue weighted by Gasteiger charge is -2.10. The van der Waals surface area contributed by atoms with E-state index in [-0.39, 0.29) is 5.91 Å². The van der Waals surface area contributed by atoms with Crippen LogP contribution in [0.1, 0.15) is 18.4 Å². The number of hydrogen-bond donors (Lipinski definition) is 2. The fraction of sp³-hybridized carbons (Fsp3) is 0.238. The lowest BCUT2D eigenvalue weighted by atomic mass is 10.2. The van der Waals surface area contributed by atoms with Crippen LogP contribution < -0.4 is 10.6 Å². The lowest BCUT2D eigenvalue weighted by Crippen LogP contribution is -2.36. The van der Waals surface area contributed by atoms with Gasteiger partial charge in [0.25, 0.3) is 5.91 Å². The molecule has 0 saturated carbocycles. The van der Waals surface area contributed by atoms with Gasteiger partial charge in [-0.05, 0) is 55.3 Å². The highest BCUT2D eigenvalue weighted by Gasteiger charge is 2.28. The molecular weight excluding hydrogens is 390 g/mol. The number of thiazole rings is 1. The highest BCUT2D eigenvalue weighted by molar-refractivity contribution is 7.21. The minimum absolute atomic E-state index is 0.181. The first-order valence-corrected chi connectivity index (χ1v) is 10.0. The monoisotopic (exact) mass is 409 g/mol. The average Bonchev–Trinajstić information content (AvgIpc) is 3.32. The Kier molecular flexibility index (Phi) is 5.26. The van der Waals surface area contributed by atoms with Crippen LogP contribution in [0.25, 0.3) is 20.8 Å². The van der Waals surface area contributed by atoms with Gasteiger partial charge >= 0.3 is 5.97 Å². The van der Waals surface area contributed by atoms with Crippen LogP contribution >= 0.6 is 11.3 Å². The summed E-state index contributed by atoms with van der Waals surface area (Å²) in [5, 5.41) is 6.11. The van der Waals surface area contributed by atoms with Crippen molar-refractivity contribution in [2.24, 2.45) is 0 Å². The fourth-order valence-corrected chi connectivity index (χ4v) is 4.15. The zero-order valence-electron chi connectivity index (χ0n) is 15.7. The van der Waals surface area contributed by atoms with Gasteiger partial charge < -0.3 is 15.4 Å². The number of amides is 2. The van der Waals surface area contributed by atoms with Crippen molar-refractivity contribution in [2.45, 2.75) is 25.8 Å². The number of nitrogens with one attached hydrogen (secondary N) is 2. The Morgan fingerprint density at radius 2 is 2.03 bits per heavy atom. The van der Waals surface area contributed by atoms with E-state index in [0.717, 1.165) is 20.8 Å². The summed E-state index contributed by atoms with van der Waals surface area (Å²) in [6.07, 6.45) is 0.693.